The first-order valence-electron chi connectivity index (χ1n) is 5.98. The first-order chi connectivity index (χ1) is 8.69. The Morgan fingerprint density at radius 1 is 0.889 bits per heavy atom. The fourth-order valence-corrected chi connectivity index (χ4v) is 3.58. The van der Waals surface area contributed by atoms with Gasteiger partial charge in [-0.3, -0.25) is 0 Å². The van der Waals surface area contributed by atoms with Gasteiger partial charge in [-0.25, -0.2) is 0 Å². The third kappa shape index (κ3) is 4.10. The van der Waals surface area contributed by atoms with Crippen molar-refractivity contribution < 1.29 is 18.0 Å². The van der Waals surface area contributed by atoms with Gasteiger partial charge in [-0.2, -0.15) is 0 Å². The lowest BCUT2D eigenvalue weighted by molar-refractivity contribution is 0.123. The number of rotatable bonds is 8. The van der Waals surface area contributed by atoms with Crippen LogP contribution in [0.1, 0.15) is 12.0 Å². The summed E-state index contributed by atoms with van der Waals surface area (Å²) >= 11 is 0. The first-order valence-corrected chi connectivity index (χ1v) is 7.91. The average Bonchev–Trinajstić information content (AvgIpc) is 2.45. The lowest BCUT2D eigenvalue weighted by Crippen LogP contribution is -2.42. The highest BCUT2D eigenvalue weighted by molar-refractivity contribution is 6.60. The monoisotopic (exact) mass is 270 g/mol. The van der Waals surface area contributed by atoms with Crippen molar-refractivity contribution in [3.8, 4) is 5.75 Å². The minimum absolute atomic E-state index is 0.822. The highest BCUT2D eigenvalue weighted by Gasteiger charge is 2.36. The Hall–Kier alpha value is -0.883. The Labute approximate surface area is 110 Å². The van der Waals surface area contributed by atoms with Crippen molar-refractivity contribution in [2.75, 3.05) is 28.4 Å². The van der Waals surface area contributed by atoms with Crippen LogP contribution < -0.4 is 4.74 Å². The van der Waals surface area contributed by atoms with Crippen LogP contribution in [0, 0.1) is 0 Å². The van der Waals surface area contributed by atoms with Crippen LogP contribution in [0.5, 0.6) is 5.75 Å². The summed E-state index contributed by atoms with van der Waals surface area (Å²) in [6.45, 7) is 0. The first kappa shape index (κ1) is 15.2. The molecule has 0 aliphatic carbocycles. The molecule has 0 aliphatic rings. The van der Waals surface area contributed by atoms with Crippen LogP contribution in [0.2, 0.25) is 6.04 Å². The van der Waals surface area contributed by atoms with Crippen LogP contribution in [-0.4, -0.2) is 37.2 Å². The Kier molecular flexibility index (Phi) is 6.35. The minimum atomic E-state index is -2.41. The zero-order valence-electron chi connectivity index (χ0n) is 11.6. The van der Waals surface area contributed by atoms with Gasteiger partial charge in [0.1, 0.15) is 5.75 Å². The quantitative estimate of drug-likeness (QED) is 0.680. The Morgan fingerprint density at radius 3 is 1.89 bits per heavy atom. The van der Waals surface area contributed by atoms with Gasteiger partial charge in [-0.1, -0.05) is 12.1 Å². The molecule has 0 radical (unpaired) electrons. The maximum Gasteiger partial charge on any atom is 0.500 e. The van der Waals surface area contributed by atoms with E-state index in [4.69, 9.17) is 18.0 Å². The lowest BCUT2D eigenvalue weighted by Gasteiger charge is -2.24. The van der Waals surface area contributed by atoms with E-state index in [0.717, 1.165) is 24.6 Å². The zero-order chi connectivity index (χ0) is 13.4. The van der Waals surface area contributed by atoms with Crippen molar-refractivity contribution in [3.63, 3.8) is 0 Å². The topological polar surface area (TPSA) is 36.9 Å². The van der Waals surface area contributed by atoms with Crippen molar-refractivity contribution in [1.29, 1.82) is 0 Å². The second kappa shape index (κ2) is 7.53. The largest absolute Gasteiger partial charge is 0.500 e. The smallest absolute Gasteiger partial charge is 0.497 e. The molecular formula is C13H22O4Si. The standard InChI is InChI=1S/C13H22O4Si/c1-14-13-9-7-12(8-10-13)6-5-11-18(15-2,16-3)17-4/h7-10H,5-6,11H2,1-4H3. The van der Waals surface area contributed by atoms with Crippen LogP contribution in [0.3, 0.4) is 0 Å². The molecule has 1 rings (SSSR count). The maximum absolute atomic E-state index is 5.39. The van der Waals surface area contributed by atoms with Gasteiger partial charge in [0.2, 0.25) is 0 Å². The van der Waals surface area contributed by atoms with Crippen molar-refractivity contribution in [3.05, 3.63) is 29.8 Å². The van der Waals surface area contributed by atoms with Gasteiger partial charge in [-0.15, -0.1) is 0 Å². The maximum atomic E-state index is 5.39. The molecule has 4 nitrogen and oxygen atoms in total. The van der Waals surface area contributed by atoms with Crippen molar-refractivity contribution in [1.82, 2.24) is 0 Å². The highest BCUT2D eigenvalue weighted by Crippen LogP contribution is 2.18. The fourth-order valence-electron chi connectivity index (χ4n) is 1.86. The predicted octanol–water partition coefficient (Wildman–Crippen LogP) is 2.51. The van der Waals surface area contributed by atoms with E-state index in [1.165, 1.54) is 5.56 Å². The molecule has 1 aromatic carbocycles. The molecule has 18 heavy (non-hydrogen) atoms. The molecule has 5 heteroatoms. The second-order valence-corrected chi connectivity index (χ2v) is 7.09. The summed E-state index contributed by atoms with van der Waals surface area (Å²) in [6.07, 6.45) is 1.96. The Bertz CT molecular complexity index is 327. The molecule has 0 saturated heterocycles. The van der Waals surface area contributed by atoms with Crippen LogP contribution in [0.25, 0.3) is 0 Å². The molecule has 0 aliphatic heterocycles. The molecule has 0 fully saturated rings. The van der Waals surface area contributed by atoms with Gasteiger partial charge in [0.05, 0.1) is 7.11 Å². The van der Waals surface area contributed by atoms with Gasteiger partial charge in [-0.05, 0) is 30.5 Å². The molecule has 0 unspecified atom stereocenters. The van der Waals surface area contributed by atoms with Gasteiger partial charge in [0.25, 0.3) is 0 Å². The normalized spacial score (nSPS) is 11.6. The Balaban J connectivity index is 2.44. The zero-order valence-corrected chi connectivity index (χ0v) is 12.6. The molecule has 0 bridgehead atoms. The van der Waals surface area contributed by atoms with E-state index in [1.54, 1.807) is 28.4 Å². The summed E-state index contributed by atoms with van der Waals surface area (Å²) in [7, 11) is 4.19. The molecule has 1 aromatic rings. The van der Waals surface area contributed by atoms with E-state index < -0.39 is 8.80 Å². The average molecular weight is 270 g/mol. The van der Waals surface area contributed by atoms with E-state index in [0.29, 0.717) is 0 Å². The van der Waals surface area contributed by atoms with Crippen LogP contribution in [0.15, 0.2) is 24.3 Å². The second-order valence-electron chi connectivity index (χ2n) is 4.00. The number of ether oxygens (including phenoxy) is 1. The van der Waals surface area contributed by atoms with Crippen molar-refractivity contribution in [2.45, 2.75) is 18.9 Å². The van der Waals surface area contributed by atoms with E-state index in [1.807, 2.05) is 12.1 Å². The molecule has 0 N–H and O–H groups in total. The molecule has 0 heterocycles. The van der Waals surface area contributed by atoms with Gasteiger partial charge >= 0.3 is 8.80 Å². The van der Waals surface area contributed by atoms with Crippen molar-refractivity contribution in [2.24, 2.45) is 0 Å². The lowest BCUT2D eigenvalue weighted by atomic mass is 10.1. The molecular weight excluding hydrogens is 248 g/mol. The van der Waals surface area contributed by atoms with E-state index in [9.17, 15) is 0 Å². The van der Waals surface area contributed by atoms with Gasteiger partial charge in [0, 0.05) is 27.4 Å². The van der Waals surface area contributed by atoms with Crippen LogP contribution in [0.4, 0.5) is 0 Å². The summed E-state index contributed by atoms with van der Waals surface area (Å²) in [4.78, 5) is 0. The summed E-state index contributed by atoms with van der Waals surface area (Å²) in [5, 5.41) is 0. The number of aryl methyl sites for hydroxylation is 1. The molecule has 0 aromatic heterocycles. The van der Waals surface area contributed by atoms with Crippen molar-refractivity contribution >= 4 is 8.80 Å². The third-order valence-electron chi connectivity index (χ3n) is 3.04. The molecule has 0 amide bonds. The number of hydrogen-bond acceptors (Lipinski definition) is 4. The summed E-state index contributed by atoms with van der Waals surface area (Å²) in [6, 6.07) is 8.93. The fraction of sp³-hybridized carbons (Fsp3) is 0.538. The highest BCUT2D eigenvalue weighted by atomic mass is 28.4. The molecule has 0 saturated carbocycles. The van der Waals surface area contributed by atoms with Crippen LogP contribution in [-0.2, 0) is 19.7 Å². The molecule has 102 valence electrons. The van der Waals surface area contributed by atoms with Gasteiger partial charge in [0.15, 0.2) is 0 Å². The summed E-state index contributed by atoms with van der Waals surface area (Å²) in [5.41, 5.74) is 1.28. The Morgan fingerprint density at radius 2 is 1.44 bits per heavy atom. The number of benzene rings is 1. The van der Waals surface area contributed by atoms with E-state index in [-0.39, 0.29) is 0 Å². The van der Waals surface area contributed by atoms with E-state index >= 15 is 0 Å². The summed E-state index contributed by atoms with van der Waals surface area (Å²) in [5.74, 6) is 0.883. The summed E-state index contributed by atoms with van der Waals surface area (Å²) < 4.78 is 21.3. The minimum Gasteiger partial charge on any atom is -0.497 e. The predicted molar refractivity (Wildman–Crippen MR) is 72.9 cm³/mol. The number of hydrogen-bond donors (Lipinski definition) is 0. The number of methoxy groups -OCH3 is 1. The van der Waals surface area contributed by atoms with E-state index in [2.05, 4.69) is 12.1 Å². The molecule has 0 spiro atoms. The third-order valence-corrected chi connectivity index (χ3v) is 5.87. The van der Waals surface area contributed by atoms with Gasteiger partial charge < -0.3 is 18.0 Å². The van der Waals surface area contributed by atoms with Crippen LogP contribution >= 0.6 is 0 Å². The SMILES string of the molecule is COc1ccc(CCC[Si](OC)(OC)OC)cc1. The molecule has 0 atom stereocenters.